The maximum atomic E-state index is 13.0. The van der Waals surface area contributed by atoms with Gasteiger partial charge in [-0.3, -0.25) is 4.57 Å². The van der Waals surface area contributed by atoms with Gasteiger partial charge in [-0.25, -0.2) is 0 Å². The zero-order chi connectivity index (χ0) is 14.1. The Morgan fingerprint density at radius 1 is 1.00 bits per heavy atom. The molecular weight excluding hydrogens is 263 g/mol. The lowest BCUT2D eigenvalue weighted by atomic mass is 10.4. The van der Waals surface area contributed by atoms with Crippen molar-refractivity contribution >= 4 is 12.7 Å². The van der Waals surface area contributed by atoms with Gasteiger partial charge in [-0.1, -0.05) is 18.2 Å². The zero-order valence-corrected chi connectivity index (χ0v) is 12.8. The molecule has 5 heteroatoms. The van der Waals surface area contributed by atoms with Crippen molar-refractivity contribution < 1.29 is 18.6 Å². The second-order valence-corrected chi connectivity index (χ2v) is 6.44. The van der Waals surface area contributed by atoms with Crippen molar-refractivity contribution in [3.63, 3.8) is 0 Å². The first-order chi connectivity index (χ1) is 9.16. The van der Waals surface area contributed by atoms with E-state index in [0.29, 0.717) is 25.1 Å². The Hall–Kier alpha value is -0.670. The van der Waals surface area contributed by atoms with Crippen molar-refractivity contribution in [2.75, 3.05) is 26.0 Å². The van der Waals surface area contributed by atoms with Crippen LogP contribution in [0, 0.1) is 0 Å². The van der Waals surface area contributed by atoms with Gasteiger partial charge in [0.25, 0.3) is 0 Å². The highest BCUT2D eigenvalue weighted by atomic mass is 31.2. The molecule has 0 spiro atoms. The minimum atomic E-state index is -2.94. The fourth-order valence-corrected chi connectivity index (χ4v) is 3.93. The molecule has 108 valence electrons. The van der Waals surface area contributed by atoms with Crippen molar-refractivity contribution in [1.82, 2.24) is 0 Å². The highest BCUT2D eigenvalue weighted by Gasteiger charge is 2.30. The van der Waals surface area contributed by atoms with Gasteiger partial charge in [0.1, 0.15) is 0 Å². The average Bonchev–Trinajstić information content (AvgIpc) is 2.40. The molecule has 1 rings (SSSR count). The average molecular weight is 286 g/mol. The second-order valence-electron chi connectivity index (χ2n) is 3.95. The Kier molecular flexibility index (Phi) is 7.32. The summed E-state index contributed by atoms with van der Waals surface area (Å²) in [5, 5.41) is 0.709. The largest absolute Gasteiger partial charge is 0.352 e. The normalized spacial score (nSPS) is 14.5. The number of hydrogen-bond donors (Lipinski definition) is 0. The molecule has 1 atom stereocenters. The van der Waals surface area contributed by atoms with Crippen LogP contribution in [0.15, 0.2) is 30.3 Å². The lowest BCUT2D eigenvalue weighted by Gasteiger charge is -2.23. The van der Waals surface area contributed by atoms with Crippen LogP contribution < -0.4 is 5.30 Å². The van der Waals surface area contributed by atoms with E-state index < -0.39 is 13.7 Å². The predicted octanol–water partition coefficient (Wildman–Crippen LogP) is 3.03. The number of hydrogen-bond acceptors (Lipinski definition) is 4. The first kappa shape index (κ1) is 16.4. The first-order valence-corrected chi connectivity index (χ1v) is 8.49. The molecule has 0 fully saturated rings. The molecule has 0 aromatic heterocycles. The van der Waals surface area contributed by atoms with Crippen LogP contribution in [0.5, 0.6) is 0 Å². The lowest BCUT2D eigenvalue weighted by molar-refractivity contribution is -0.121. The van der Waals surface area contributed by atoms with Gasteiger partial charge in [0, 0.05) is 18.5 Å². The number of rotatable bonds is 9. The molecule has 0 heterocycles. The maximum absolute atomic E-state index is 13.0. The van der Waals surface area contributed by atoms with Crippen LogP contribution in [0.3, 0.4) is 0 Å². The maximum Gasteiger partial charge on any atom is 0.237 e. The van der Waals surface area contributed by atoms with Crippen LogP contribution in [-0.4, -0.2) is 32.3 Å². The summed E-state index contributed by atoms with van der Waals surface area (Å²) in [5.74, 6) is 0. The third-order valence-corrected chi connectivity index (χ3v) is 5.12. The Labute approximate surface area is 115 Å². The summed E-state index contributed by atoms with van der Waals surface area (Å²) in [6.45, 7) is 7.06. The number of benzene rings is 1. The highest BCUT2D eigenvalue weighted by Crippen LogP contribution is 2.46. The molecule has 0 N–H and O–H groups in total. The monoisotopic (exact) mass is 286 g/mol. The Balaban J connectivity index is 2.89. The van der Waals surface area contributed by atoms with Crippen LogP contribution in [-0.2, 0) is 18.6 Å². The SMILES string of the molecule is CCOC(C[P@](=O)(OCC)c1ccccc1)OCC. The standard InChI is InChI=1S/C14H23O4P/c1-4-16-14(17-5-2)12-19(15,18-6-3)13-10-8-7-9-11-13/h7-11,14H,4-6,12H2,1-3H3/t19-/m0/s1. The molecule has 0 saturated carbocycles. The fourth-order valence-electron chi connectivity index (χ4n) is 1.82. The van der Waals surface area contributed by atoms with E-state index in [2.05, 4.69) is 0 Å². The Bertz CT molecular complexity index is 388. The molecule has 0 radical (unpaired) electrons. The molecule has 4 nitrogen and oxygen atoms in total. The smallest absolute Gasteiger partial charge is 0.237 e. The summed E-state index contributed by atoms with van der Waals surface area (Å²) in [6, 6.07) is 9.26. The van der Waals surface area contributed by atoms with E-state index in [4.69, 9.17) is 14.0 Å². The van der Waals surface area contributed by atoms with E-state index in [1.54, 1.807) is 0 Å². The summed E-state index contributed by atoms with van der Waals surface area (Å²) in [5.41, 5.74) is 0. The van der Waals surface area contributed by atoms with Gasteiger partial charge in [-0.05, 0) is 32.9 Å². The van der Waals surface area contributed by atoms with E-state index >= 15 is 0 Å². The summed E-state index contributed by atoms with van der Waals surface area (Å²) in [6.07, 6.45) is -0.250. The molecule has 0 unspecified atom stereocenters. The summed E-state index contributed by atoms with van der Waals surface area (Å²) >= 11 is 0. The highest BCUT2D eigenvalue weighted by molar-refractivity contribution is 7.67. The molecule has 1 aromatic rings. The van der Waals surface area contributed by atoms with E-state index in [1.165, 1.54) is 0 Å². The number of ether oxygens (including phenoxy) is 2. The van der Waals surface area contributed by atoms with Gasteiger partial charge in [0.15, 0.2) is 6.29 Å². The van der Waals surface area contributed by atoms with Crippen LogP contribution in [0.4, 0.5) is 0 Å². The van der Waals surface area contributed by atoms with Gasteiger partial charge < -0.3 is 14.0 Å². The quantitative estimate of drug-likeness (QED) is 0.517. The molecule has 19 heavy (non-hydrogen) atoms. The van der Waals surface area contributed by atoms with Crippen LogP contribution >= 0.6 is 7.37 Å². The van der Waals surface area contributed by atoms with Crippen molar-refractivity contribution in [1.29, 1.82) is 0 Å². The van der Waals surface area contributed by atoms with Gasteiger partial charge >= 0.3 is 0 Å². The van der Waals surface area contributed by atoms with Crippen molar-refractivity contribution in [3.05, 3.63) is 30.3 Å². The molecule has 0 bridgehead atoms. The van der Waals surface area contributed by atoms with E-state index in [-0.39, 0.29) is 6.16 Å². The van der Waals surface area contributed by atoms with Gasteiger partial charge in [0.2, 0.25) is 7.37 Å². The molecule has 1 aromatic carbocycles. The van der Waals surface area contributed by atoms with Gasteiger partial charge in [-0.15, -0.1) is 0 Å². The molecule has 0 amide bonds. The third-order valence-electron chi connectivity index (χ3n) is 2.58. The van der Waals surface area contributed by atoms with Gasteiger partial charge in [0.05, 0.1) is 12.8 Å². The first-order valence-electron chi connectivity index (χ1n) is 6.68. The molecule has 0 saturated heterocycles. The fraction of sp³-hybridized carbons (Fsp3) is 0.571. The molecule has 0 aliphatic heterocycles. The van der Waals surface area contributed by atoms with Crippen molar-refractivity contribution in [2.45, 2.75) is 27.1 Å². The molecular formula is C14H23O4P. The van der Waals surface area contributed by atoms with Crippen molar-refractivity contribution in [3.8, 4) is 0 Å². The predicted molar refractivity (Wildman–Crippen MR) is 77.2 cm³/mol. The zero-order valence-electron chi connectivity index (χ0n) is 11.9. The summed E-state index contributed by atoms with van der Waals surface area (Å²) in [4.78, 5) is 0. The second kappa shape index (κ2) is 8.49. The van der Waals surface area contributed by atoms with Crippen LogP contribution in [0.25, 0.3) is 0 Å². The van der Waals surface area contributed by atoms with E-state index in [0.717, 1.165) is 0 Å². The molecule has 0 aliphatic rings. The Morgan fingerprint density at radius 2 is 1.58 bits per heavy atom. The minimum Gasteiger partial charge on any atom is -0.352 e. The molecule has 0 aliphatic carbocycles. The third kappa shape index (κ3) is 5.07. The summed E-state index contributed by atoms with van der Waals surface area (Å²) < 4.78 is 29.5. The van der Waals surface area contributed by atoms with E-state index in [9.17, 15) is 4.57 Å². The van der Waals surface area contributed by atoms with Crippen LogP contribution in [0.2, 0.25) is 0 Å². The minimum absolute atomic E-state index is 0.243. The van der Waals surface area contributed by atoms with E-state index in [1.807, 2.05) is 51.1 Å². The van der Waals surface area contributed by atoms with Crippen LogP contribution in [0.1, 0.15) is 20.8 Å². The summed E-state index contributed by atoms with van der Waals surface area (Å²) in [7, 11) is -2.94. The lowest BCUT2D eigenvalue weighted by Crippen LogP contribution is -2.25. The topological polar surface area (TPSA) is 44.8 Å². The van der Waals surface area contributed by atoms with Gasteiger partial charge in [-0.2, -0.15) is 0 Å². The van der Waals surface area contributed by atoms with Crippen molar-refractivity contribution in [2.24, 2.45) is 0 Å². The Morgan fingerprint density at radius 3 is 2.05 bits per heavy atom.